The average Bonchev–Trinajstić information content (AvgIpc) is 2.97. The first-order chi connectivity index (χ1) is 13.0. The molecule has 0 saturated carbocycles. The molecule has 1 aliphatic rings. The maximum absolute atomic E-state index is 14.6. The number of nitrogens with two attached hydrogens (primary N) is 1. The number of aliphatic hydroxyl groups is 1. The third-order valence-corrected chi connectivity index (χ3v) is 4.93. The molecule has 4 N–H and O–H groups in total. The lowest BCUT2D eigenvalue weighted by Crippen LogP contribution is -2.34. The molecule has 1 amide bonds. The van der Waals surface area contributed by atoms with Crippen LogP contribution in [0.3, 0.4) is 0 Å². The molecular weight excluding hydrogens is 343 g/mol. The van der Waals surface area contributed by atoms with E-state index in [-0.39, 0.29) is 5.56 Å². The molecule has 0 radical (unpaired) electrons. The number of fused-ring (bicyclic) bond motifs is 1. The highest BCUT2D eigenvalue weighted by molar-refractivity contribution is 5.95. The van der Waals surface area contributed by atoms with Gasteiger partial charge in [0.05, 0.1) is 17.7 Å². The Hall–Kier alpha value is -3.18. The molecule has 0 aliphatic heterocycles. The Balaban J connectivity index is 1.58. The number of halogens is 1. The number of hydrogen-bond donors (Lipinski definition) is 3. The van der Waals surface area contributed by atoms with Crippen molar-refractivity contribution in [2.24, 2.45) is 0 Å². The van der Waals surface area contributed by atoms with Gasteiger partial charge in [-0.2, -0.15) is 0 Å². The normalized spacial score (nSPS) is 18.1. The predicted octanol–water partition coefficient (Wildman–Crippen LogP) is 3.46. The van der Waals surface area contributed by atoms with Crippen LogP contribution in [0.25, 0.3) is 11.1 Å². The Morgan fingerprint density at radius 2 is 1.81 bits per heavy atom. The number of rotatable bonds is 3. The first-order valence-electron chi connectivity index (χ1n) is 8.75. The highest BCUT2D eigenvalue weighted by Crippen LogP contribution is 2.33. The first-order valence-corrected chi connectivity index (χ1v) is 8.75. The average molecular weight is 362 g/mol. The van der Waals surface area contributed by atoms with Gasteiger partial charge < -0.3 is 16.2 Å². The minimum Gasteiger partial charge on any atom is -0.399 e. The molecule has 5 heteroatoms. The Labute approximate surface area is 156 Å². The number of nitrogens with one attached hydrogen (secondary N) is 1. The van der Waals surface area contributed by atoms with E-state index in [1.54, 1.807) is 18.2 Å². The van der Waals surface area contributed by atoms with E-state index in [2.05, 4.69) is 5.32 Å². The van der Waals surface area contributed by atoms with E-state index in [9.17, 15) is 14.3 Å². The number of hydrogen-bond acceptors (Lipinski definition) is 3. The second-order valence-electron chi connectivity index (χ2n) is 6.74. The molecule has 136 valence electrons. The molecule has 4 nitrogen and oxygen atoms in total. The van der Waals surface area contributed by atoms with Crippen molar-refractivity contribution in [3.8, 4) is 11.1 Å². The molecule has 4 rings (SSSR count). The van der Waals surface area contributed by atoms with Gasteiger partial charge in [0.2, 0.25) is 0 Å². The largest absolute Gasteiger partial charge is 0.399 e. The predicted molar refractivity (Wildman–Crippen MR) is 103 cm³/mol. The molecule has 0 heterocycles. The van der Waals surface area contributed by atoms with Crippen LogP contribution in [0.15, 0.2) is 66.7 Å². The smallest absolute Gasteiger partial charge is 0.254 e. The van der Waals surface area contributed by atoms with Crippen molar-refractivity contribution >= 4 is 11.6 Å². The molecule has 0 bridgehead atoms. The molecule has 0 spiro atoms. The maximum atomic E-state index is 14.6. The number of anilines is 1. The van der Waals surface area contributed by atoms with Crippen LogP contribution in [-0.2, 0) is 6.42 Å². The van der Waals surface area contributed by atoms with E-state index in [0.717, 1.165) is 16.7 Å². The Morgan fingerprint density at radius 1 is 1.04 bits per heavy atom. The van der Waals surface area contributed by atoms with Crippen LogP contribution >= 0.6 is 0 Å². The van der Waals surface area contributed by atoms with E-state index in [1.807, 2.05) is 36.4 Å². The van der Waals surface area contributed by atoms with Gasteiger partial charge in [-0.25, -0.2) is 4.39 Å². The minimum atomic E-state index is -0.766. The van der Waals surface area contributed by atoms with Gasteiger partial charge in [-0.15, -0.1) is 0 Å². The number of carbonyl (C=O) groups is 1. The van der Waals surface area contributed by atoms with Crippen molar-refractivity contribution in [3.63, 3.8) is 0 Å². The lowest BCUT2D eigenvalue weighted by atomic mass is 10.0. The van der Waals surface area contributed by atoms with Crippen LogP contribution in [0.2, 0.25) is 0 Å². The minimum absolute atomic E-state index is 0.0563. The van der Waals surface area contributed by atoms with Gasteiger partial charge in [0.1, 0.15) is 5.82 Å². The summed E-state index contributed by atoms with van der Waals surface area (Å²) in [6.45, 7) is 0. The van der Waals surface area contributed by atoms with Gasteiger partial charge in [-0.3, -0.25) is 4.79 Å². The van der Waals surface area contributed by atoms with Crippen LogP contribution < -0.4 is 11.1 Å². The van der Waals surface area contributed by atoms with Gasteiger partial charge >= 0.3 is 0 Å². The van der Waals surface area contributed by atoms with E-state index < -0.39 is 23.9 Å². The molecule has 3 aromatic carbocycles. The van der Waals surface area contributed by atoms with E-state index >= 15 is 0 Å². The van der Waals surface area contributed by atoms with Gasteiger partial charge in [0, 0.05) is 12.1 Å². The van der Waals surface area contributed by atoms with Gasteiger partial charge in [-0.05, 0) is 46.5 Å². The van der Waals surface area contributed by atoms with Crippen LogP contribution in [0.1, 0.15) is 27.5 Å². The van der Waals surface area contributed by atoms with Crippen molar-refractivity contribution in [2.75, 3.05) is 5.73 Å². The molecule has 1 aliphatic carbocycles. The van der Waals surface area contributed by atoms with Crippen molar-refractivity contribution in [3.05, 3.63) is 89.2 Å². The SMILES string of the molecule is Nc1ccc2c(c1)[C@@H](NC(=O)c1ccc(-c3ccccc3)cc1F)[C@H](O)C2. The zero-order valence-corrected chi connectivity index (χ0v) is 14.5. The Bertz CT molecular complexity index is 1000. The Kier molecular flexibility index (Phi) is 4.38. The summed E-state index contributed by atoms with van der Waals surface area (Å²) in [7, 11) is 0. The standard InChI is InChI=1S/C22H19FN2O2/c23-19-10-14(13-4-2-1-3-5-13)7-9-17(19)22(27)25-21-18-12-16(24)8-6-15(18)11-20(21)26/h1-10,12,20-21,26H,11,24H2,(H,25,27)/t20-,21-/m1/s1. The summed E-state index contributed by atoms with van der Waals surface area (Å²) < 4.78 is 14.6. The van der Waals surface area contributed by atoms with Crippen LogP contribution in [0.4, 0.5) is 10.1 Å². The molecule has 0 aromatic heterocycles. The fraction of sp³-hybridized carbons (Fsp3) is 0.136. The maximum Gasteiger partial charge on any atom is 0.254 e. The first kappa shape index (κ1) is 17.2. The topological polar surface area (TPSA) is 75.3 Å². The van der Waals surface area contributed by atoms with Crippen molar-refractivity contribution < 1.29 is 14.3 Å². The molecular formula is C22H19FN2O2. The van der Waals surface area contributed by atoms with Crippen LogP contribution in [0.5, 0.6) is 0 Å². The zero-order chi connectivity index (χ0) is 19.0. The second kappa shape index (κ2) is 6.85. The fourth-order valence-corrected chi connectivity index (χ4v) is 3.54. The lowest BCUT2D eigenvalue weighted by Gasteiger charge is -2.18. The number of carbonyl (C=O) groups excluding carboxylic acids is 1. The molecule has 0 unspecified atom stereocenters. The van der Waals surface area contributed by atoms with Crippen molar-refractivity contribution in [1.82, 2.24) is 5.32 Å². The van der Waals surface area contributed by atoms with Crippen molar-refractivity contribution in [1.29, 1.82) is 0 Å². The molecule has 2 atom stereocenters. The lowest BCUT2D eigenvalue weighted by molar-refractivity contribution is 0.0854. The highest BCUT2D eigenvalue weighted by Gasteiger charge is 2.33. The molecule has 0 fully saturated rings. The van der Waals surface area contributed by atoms with Gasteiger partial charge in [0.25, 0.3) is 5.91 Å². The van der Waals surface area contributed by atoms with E-state index in [4.69, 9.17) is 5.73 Å². The Morgan fingerprint density at radius 3 is 2.56 bits per heavy atom. The quantitative estimate of drug-likeness (QED) is 0.625. The summed E-state index contributed by atoms with van der Waals surface area (Å²) in [5, 5.41) is 13.1. The number of nitrogen functional groups attached to an aromatic ring is 1. The highest BCUT2D eigenvalue weighted by atomic mass is 19.1. The van der Waals surface area contributed by atoms with E-state index in [0.29, 0.717) is 17.7 Å². The molecule has 3 aromatic rings. The third kappa shape index (κ3) is 3.29. The molecule has 27 heavy (non-hydrogen) atoms. The number of aliphatic hydroxyl groups excluding tert-OH is 1. The third-order valence-electron chi connectivity index (χ3n) is 4.93. The second-order valence-corrected chi connectivity index (χ2v) is 6.74. The van der Waals surface area contributed by atoms with E-state index in [1.165, 1.54) is 12.1 Å². The summed E-state index contributed by atoms with van der Waals surface area (Å²) in [6, 6.07) is 18.7. The van der Waals surface area contributed by atoms with Gasteiger partial charge in [0.15, 0.2) is 0 Å². The van der Waals surface area contributed by atoms with Crippen molar-refractivity contribution in [2.45, 2.75) is 18.6 Å². The summed E-state index contributed by atoms with van der Waals surface area (Å²) in [6.07, 6.45) is -0.340. The molecule has 0 saturated heterocycles. The number of benzene rings is 3. The zero-order valence-electron chi connectivity index (χ0n) is 14.5. The summed E-state index contributed by atoms with van der Waals surface area (Å²) in [5.74, 6) is -1.17. The summed E-state index contributed by atoms with van der Waals surface area (Å²) in [4.78, 5) is 12.6. The van der Waals surface area contributed by atoms with Crippen LogP contribution in [0, 0.1) is 5.82 Å². The summed E-state index contributed by atoms with van der Waals surface area (Å²) in [5.41, 5.74) is 9.60. The fourth-order valence-electron chi connectivity index (χ4n) is 3.54. The monoisotopic (exact) mass is 362 g/mol. The summed E-state index contributed by atoms with van der Waals surface area (Å²) >= 11 is 0. The van der Waals surface area contributed by atoms with Crippen LogP contribution in [-0.4, -0.2) is 17.1 Å². The number of amides is 1. The van der Waals surface area contributed by atoms with Gasteiger partial charge in [-0.1, -0.05) is 42.5 Å².